The lowest BCUT2D eigenvalue weighted by Crippen LogP contribution is -2.25. The van der Waals surface area contributed by atoms with Crippen LogP contribution in [0.5, 0.6) is 0 Å². The number of amides is 1. The first-order valence-corrected chi connectivity index (χ1v) is 6.42. The minimum Gasteiger partial charge on any atom is -0.399 e. The summed E-state index contributed by atoms with van der Waals surface area (Å²) in [5, 5.41) is 3.22. The summed E-state index contributed by atoms with van der Waals surface area (Å²) in [5.41, 5.74) is 7.75. The third-order valence-electron chi connectivity index (χ3n) is 2.71. The number of nitrogens with one attached hydrogen (secondary N) is 1. The zero-order valence-corrected chi connectivity index (χ0v) is 12.1. The first-order valence-electron chi connectivity index (χ1n) is 6.42. The molecule has 0 aliphatic heterocycles. The van der Waals surface area contributed by atoms with E-state index in [4.69, 9.17) is 10.5 Å². The monoisotopic (exact) mass is 265 g/mol. The average Bonchev–Trinajstić information content (AvgIpc) is 2.36. The van der Waals surface area contributed by atoms with E-state index in [-0.39, 0.29) is 12.0 Å². The predicted molar refractivity (Wildman–Crippen MR) is 78.4 cm³/mol. The van der Waals surface area contributed by atoms with Gasteiger partial charge in [-0.1, -0.05) is 0 Å². The summed E-state index contributed by atoms with van der Waals surface area (Å²) < 4.78 is 5.45. The zero-order chi connectivity index (χ0) is 14.4. The minimum absolute atomic E-state index is 0.0495. The number of rotatable bonds is 6. The van der Waals surface area contributed by atoms with E-state index in [0.29, 0.717) is 24.4 Å². The molecule has 1 rings (SSSR count). The second-order valence-corrected chi connectivity index (χ2v) is 4.65. The Kier molecular flexibility index (Phi) is 5.63. The Bertz CT molecular complexity index is 433. The summed E-state index contributed by atoms with van der Waals surface area (Å²) in [6.07, 6.45) is 0.0775. The topological polar surface area (TPSA) is 67.6 Å². The van der Waals surface area contributed by atoms with E-state index in [0.717, 1.165) is 5.69 Å². The smallest absolute Gasteiger partial charge is 0.255 e. The Morgan fingerprint density at radius 2 is 2.16 bits per heavy atom. The number of nitrogens with zero attached hydrogens (tertiary/aromatic N) is 1. The second-order valence-electron chi connectivity index (χ2n) is 4.65. The standard InChI is InChI=1S/C14H23N3O2/c1-5-19-10(2)9-16-13-8-11(15)6-7-12(13)14(18)17(3)4/h6-8,10,16H,5,9,15H2,1-4H3. The molecule has 106 valence electrons. The molecule has 0 spiro atoms. The van der Waals surface area contributed by atoms with Gasteiger partial charge >= 0.3 is 0 Å². The molecule has 19 heavy (non-hydrogen) atoms. The summed E-state index contributed by atoms with van der Waals surface area (Å²) in [5.74, 6) is -0.0495. The molecule has 0 saturated heterocycles. The van der Waals surface area contributed by atoms with Gasteiger partial charge in [-0.2, -0.15) is 0 Å². The van der Waals surface area contributed by atoms with E-state index in [2.05, 4.69) is 5.32 Å². The number of hydrogen-bond donors (Lipinski definition) is 2. The van der Waals surface area contributed by atoms with Crippen LogP contribution in [0.3, 0.4) is 0 Å². The molecule has 0 aliphatic rings. The van der Waals surface area contributed by atoms with E-state index >= 15 is 0 Å². The summed E-state index contributed by atoms with van der Waals surface area (Å²) in [7, 11) is 3.45. The molecule has 1 aromatic carbocycles. The number of ether oxygens (including phenoxy) is 1. The number of nitrogen functional groups attached to an aromatic ring is 1. The van der Waals surface area contributed by atoms with Gasteiger partial charge in [-0.15, -0.1) is 0 Å². The van der Waals surface area contributed by atoms with E-state index in [1.54, 1.807) is 37.2 Å². The molecule has 1 atom stereocenters. The highest BCUT2D eigenvalue weighted by Crippen LogP contribution is 2.20. The van der Waals surface area contributed by atoms with Crippen molar-refractivity contribution in [2.75, 3.05) is 38.3 Å². The van der Waals surface area contributed by atoms with Gasteiger partial charge in [0.15, 0.2) is 0 Å². The highest BCUT2D eigenvalue weighted by Gasteiger charge is 2.14. The van der Waals surface area contributed by atoms with Crippen LogP contribution in [-0.2, 0) is 4.74 Å². The van der Waals surface area contributed by atoms with Gasteiger partial charge in [0.1, 0.15) is 0 Å². The SMILES string of the molecule is CCOC(C)CNc1cc(N)ccc1C(=O)N(C)C. The average molecular weight is 265 g/mol. The first-order chi connectivity index (χ1) is 8.95. The fourth-order valence-electron chi connectivity index (χ4n) is 1.73. The van der Waals surface area contributed by atoms with Gasteiger partial charge in [0.2, 0.25) is 0 Å². The largest absolute Gasteiger partial charge is 0.399 e. The number of benzene rings is 1. The van der Waals surface area contributed by atoms with Gasteiger partial charge in [0, 0.05) is 38.6 Å². The lowest BCUT2D eigenvalue weighted by molar-refractivity contribution is 0.0823. The normalized spacial score (nSPS) is 12.0. The van der Waals surface area contributed by atoms with Gasteiger partial charge in [-0.25, -0.2) is 0 Å². The molecule has 0 bridgehead atoms. The van der Waals surface area contributed by atoms with Gasteiger partial charge < -0.3 is 20.7 Å². The molecule has 3 N–H and O–H groups in total. The highest BCUT2D eigenvalue weighted by molar-refractivity contribution is 6.00. The number of nitrogens with two attached hydrogens (primary N) is 1. The van der Waals surface area contributed by atoms with Crippen molar-refractivity contribution in [3.8, 4) is 0 Å². The quantitative estimate of drug-likeness (QED) is 0.770. The third kappa shape index (κ3) is 4.44. The van der Waals surface area contributed by atoms with Crippen LogP contribution in [-0.4, -0.2) is 44.2 Å². The number of carbonyl (C=O) groups is 1. The van der Waals surface area contributed by atoms with E-state index in [9.17, 15) is 4.79 Å². The highest BCUT2D eigenvalue weighted by atomic mass is 16.5. The Balaban J connectivity index is 2.85. The molecule has 0 heterocycles. The Morgan fingerprint density at radius 3 is 2.74 bits per heavy atom. The first kappa shape index (κ1) is 15.3. The maximum Gasteiger partial charge on any atom is 0.255 e. The zero-order valence-electron chi connectivity index (χ0n) is 12.1. The number of carbonyl (C=O) groups excluding carboxylic acids is 1. The van der Waals surface area contributed by atoms with E-state index in [1.165, 1.54) is 0 Å². The molecule has 0 saturated carbocycles. The molecule has 0 radical (unpaired) electrons. The minimum atomic E-state index is -0.0495. The van der Waals surface area contributed by atoms with Crippen LogP contribution < -0.4 is 11.1 Å². The molecular weight excluding hydrogens is 242 g/mol. The molecule has 5 heteroatoms. The summed E-state index contributed by atoms with van der Waals surface area (Å²) in [6, 6.07) is 5.24. The van der Waals surface area contributed by atoms with Crippen LogP contribution in [0.1, 0.15) is 24.2 Å². The molecule has 5 nitrogen and oxygen atoms in total. The van der Waals surface area contributed by atoms with Crippen LogP contribution in [0, 0.1) is 0 Å². The van der Waals surface area contributed by atoms with Crippen LogP contribution in [0.15, 0.2) is 18.2 Å². The van der Waals surface area contributed by atoms with Crippen molar-refractivity contribution in [2.45, 2.75) is 20.0 Å². The fraction of sp³-hybridized carbons (Fsp3) is 0.500. The van der Waals surface area contributed by atoms with E-state index < -0.39 is 0 Å². The van der Waals surface area contributed by atoms with Crippen LogP contribution in [0.25, 0.3) is 0 Å². The summed E-state index contributed by atoms with van der Waals surface area (Å²) >= 11 is 0. The molecule has 0 fully saturated rings. The van der Waals surface area contributed by atoms with Gasteiger partial charge in [-0.3, -0.25) is 4.79 Å². The van der Waals surface area contributed by atoms with Gasteiger partial charge in [0.05, 0.1) is 11.7 Å². The molecule has 0 aromatic heterocycles. The van der Waals surface area contributed by atoms with Crippen molar-refractivity contribution in [2.24, 2.45) is 0 Å². The second kappa shape index (κ2) is 6.99. The van der Waals surface area contributed by atoms with Crippen molar-refractivity contribution in [1.29, 1.82) is 0 Å². The van der Waals surface area contributed by atoms with Crippen LogP contribution >= 0.6 is 0 Å². The van der Waals surface area contributed by atoms with Crippen molar-refractivity contribution in [1.82, 2.24) is 4.90 Å². The fourth-order valence-corrected chi connectivity index (χ4v) is 1.73. The Hall–Kier alpha value is -1.75. The van der Waals surface area contributed by atoms with E-state index in [1.807, 2.05) is 13.8 Å². The Labute approximate surface area is 114 Å². The molecule has 1 aromatic rings. The van der Waals surface area contributed by atoms with Gasteiger partial charge in [0.25, 0.3) is 5.91 Å². The number of anilines is 2. The Morgan fingerprint density at radius 1 is 1.47 bits per heavy atom. The van der Waals surface area contributed by atoms with Crippen molar-refractivity contribution in [3.63, 3.8) is 0 Å². The third-order valence-corrected chi connectivity index (χ3v) is 2.71. The predicted octanol–water partition coefficient (Wildman–Crippen LogP) is 1.81. The maximum atomic E-state index is 12.1. The van der Waals surface area contributed by atoms with Crippen molar-refractivity contribution >= 4 is 17.3 Å². The lowest BCUT2D eigenvalue weighted by atomic mass is 10.1. The van der Waals surface area contributed by atoms with Crippen molar-refractivity contribution < 1.29 is 9.53 Å². The molecular formula is C14H23N3O2. The maximum absolute atomic E-state index is 12.1. The van der Waals surface area contributed by atoms with Crippen molar-refractivity contribution in [3.05, 3.63) is 23.8 Å². The summed E-state index contributed by atoms with van der Waals surface area (Å²) in [4.78, 5) is 13.6. The molecule has 1 amide bonds. The molecule has 0 aliphatic carbocycles. The summed E-state index contributed by atoms with van der Waals surface area (Å²) in [6.45, 7) is 5.24. The van der Waals surface area contributed by atoms with Gasteiger partial charge in [-0.05, 0) is 32.0 Å². The molecule has 1 unspecified atom stereocenters. The van der Waals surface area contributed by atoms with Crippen LogP contribution in [0.4, 0.5) is 11.4 Å². The van der Waals surface area contributed by atoms with Crippen LogP contribution in [0.2, 0.25) is 0 Å². The number of hydrogen-bond acceptors (Lipinski definition) is 4. The lowest BCUT2D eigenvalue weighted by Gasteiger charge is -2.18.